The zero-order valence-electron chi connectivity index (χ0n) is 11.8. The molecule has 0 heterocycles. The fraction of sp³-hybridized carbons (Fsp3) is 0.467. The van der Waals surface area contributed by atoms with Crippen molar-refractivity contribution in [1.82, 2.24) is 4.90 Å². The van der Waals surface area contributed by atoms with Gasteiger partial charge in [-0.15, -0.1) is 0 Å². The van der Waals surface area contributed by atoms with Crippen LogP contribution < -0.4 is 0 Å². The second-order valence-corrected chi connectivity index (χ2v) is 5.16. The molecule has 5 heteroatoms. The van der Waals surface area contributed by atoms with Crippen molar-refractivity contribution < 1.29 is 14.7 Å². The van der Waals surface area contributed by atoms with Gasteiger partial charge < -0.3 is 10.0 Å². The van der Waals surface area contributed by atoms with E-state index in [4.69, 9.17) is 16.7 Å². The highest BCUT2D eigenvalue weighted by Gasteiger charge is 2.23. The third-order valence-electron chi connectivity index (χ3n) is 3.26. The summed E-state index contributed by atoms with van der Waals surface area (Å²) < 4.78 is 0. The summed E-state index contributed by atoms with van der Waals surface area (Å²) in [6.45, 7) is 3.89. The average molecular weight is 298 g/mol. The van der Waals surface area contributed by atoms with Crippen molar-refractivity contribution in [2.45, 2.75) is 33.2 Å². The first kappa shape index (κ1) is 16.5. The molecule has 0 spiro atoms. The zero-order valence-corrected chi connectivity index (χ0v) is 12.6. The van der Waals surface area contributed by atoms with Crippen molar-refractivity contribution >= 4 is 23.5 Å². The highest BCUT2D eigenvalue weighted by molar-refractivity contribution is 6.30. The van der Waals surface area contributed by atoms with E-state index in [1.54, 1.807) is 24.3 Å². The number of amides is 1. The number of hydrogen-bond donors (Lipinski definition) is 1. The molecule has 0 fully saturated rings. The normalized spacial score (nSPS) is 10.6. The van der Waals surface area contributed by atoms with Gasteiger partial charge in [-0.25, -0.2) is 0 Å². The molecule has 0 atom stereocenters. The second-order valence-electron chi connectivity index (χ2n) is 4.73. The predicted octanol–water partition coefficient (Wildman–Crippen LogP) is 3.19. The number of nitrogens with zero attached hydrogens (tertiary/aromatic N) is 1. The first-order valence-electron chi connectivity index (χ1n) is 6.72. The van der Waals surface area contributed by atoms with Crippen molar-refractivity contribution in [1.29, 1.82) is 0 Å². The summed E-state index contributed by atoms with van der Waals surface area (Å²) in [6.07, 6.45) is 1.43. The molecule has 4 nitrogen and oxygen atoms in total. The number of carbonyl (C=O) groups excluding carboxylic acids is 1. The number of carboxylic acid groups (broad SMARTS) is 1. The van der Waals surface area contributed by atoms with Crippen molar-refractivity contribution in [2.75, 3.05) is 6.54 Å². The van der Waals surface area contributed by atoms with Gasteiger partial charge in [-0.2, -0.15) is 0 Å². The highest BCUT2D eigenvalue weighted by atomic mass is 35.5. The van der Waals surface area contributed by atoms with Crippen molar-refractivity contribution in [2.24, 2.45) is 5.92 Å². The summed E-state index contributed by atoms with van der Waals surface area (Å²) in [6, 6.07) is 7.07. The first-order valence-corrected chi connectivity index (χ1v) is 7.10. The molecule has 0 aliphatic rings. The van der Waals surface area contributed by atoms with Gasteiger partial charge in [-0.3, -0.25) is 9.59 Å². The standard InChI is InChI=1S/C15H20ClNO3/c1-3-12(4-2)15(20)17(10-14(18)19)9-11-5-7-13(16)8-6-11/h5-8,12H,3-4,9-10H2,1-2H3,(H,18,19). The first-order chi connectivity index (χ1) is 9.47. The Bertz CT molecular complexity index is 455. The van der Waals surface area contributed by atoms with Gasteiger partial charge in [0.25, 0.3) is 0 Å². The summed E-state index contributed by atoms with van der Waals surface area (Å²) in [4.78, 5) is 24.7. The van der Waals surface area contributed by atoms with Gasteiger partial charge in [-0.05, 0) is 30.5 Å². The molecule has 1 amide bonds. The van der Waals surface area contributed by atoms with E-state index >= 15 is 0 Å². The lowest BCUT2D eigenvalue weighted by Gasteiger charge is -2.25. The van der Waals surface area contributed by atoms with Crippen LogP contribution in [0.15, 0.2) is 24.3 Å². The molecular formula is C15H20ClNO3. The molecule has 1 N–H and O–H groups in total. The largest absolute Gasteiger partial charge is 0.480 e. The summed E-state index contributed by atoms with van der Waals surface area (Å²) in [5, 5.41) is 9.58. The molecular weight excluding hydrogens is 278 g/mol. The lowest BCUT2D eigenvalue weighted by atomic mass is 10.0. The molecule has 110 valence electrons. The Labute approximate surface area is 124 Å². The number of rotatable bonds is 7. The summed E-state index contributed by atoms with van der Waals surface area (Å²) in [5.74, 6) is -1.23. The monoisotopic (exact) mass is 297 g/mol. The van der Waals surface area contributed by atoms with Gasteiger partial charge in [0.2, 0.25) is 5.91 Å². The minimum Gasteiger partial charge on any atom is -0.480 e. The topological polar surface area (TPSA) is 57.6 Å². The van der Waals surface area contributed by atoms with E-state index in [1.165, 1.54) is 4.90 Å². The number of halogens is 1. The van der Waals surface area contributed by atoms with Gasteiger partial charge in [0, 0.05) is 17.5 Å². The van der Waals surface area contributed by atoms with Crippen LogP contribution in [-0.4, -0.2) is 28.4 Å². The van der Waals surface area contributed by atoms with Crippen molar-refractivity contribution in [3.63, 3.8) is 0 Å². The fourth-order valence-electron chi connectivity index (χ4n) is 2.08. The quantitative estimate of drug-likeness (QED) is 0.841. The van der Waals surface area contributed by atoms with E-state index in [0.717, 1.165) is 5.56 Å². The van der Waals surface area contributed by atoms with Crippen LogP contribution in [0.4, 0.5) is 0 Å². The summed E-state index contributed by atoms with van der Waals surface area (Å²) in [5.41, 5.74) is 0.870. The van der Waals surface area contributed by atoms with Gasteiger partial charge in [0.05, 0.1) is 0 Å². The maximum absolute atomic E-state index is 12.3. The number of aliphatic carboxylic acids is 1. The van der Waals surface area contributed by atoms with Crippen molar-refractivity contribution in [3.8, 4) is 0 Å². The lowest BCUT2D eigenvalue weighted by Crippen LogP contribution is -2.39. The van der Waals surface area contributed by atoms with Crippen LogP contribution in [0.25, 0.3) is 0 Å². The minimum atomic E-state index is -1.00. The van der Waals surface area contributed by atoms with Crippen LogP contribution in [-0.2, 0) is 16.1 Å². The van der Waals surface area contributed by atoms with Crippen LogP contribution in [0.3, 0.4) is 0 Å². The molecule has 0 saturated carbocycles. The SMILES string of the molecule is CCC(CC)C(=O)N(CC(=O)O)Cc1ccc(Cl)cc1. The molecule has 0 bridgehead atoms. The van der Waals surface area contributed by atoms with Gasteiger partial charge >= 0.3 is 5.97 Å². The van der Waals surface area contributed by atoms with Gasteiger partial charge in [0.1, 0.15) is 6.54 Å². The van der Waals surface area contributed by atoms with Crippen LogP contribution in [0, 0.1) is 5.92 Å². The third kappa shape index (κ3) is 4.85. The molecule has 0 aliphatic carbocycles. The molecule has 20 heavy (non-hydrogen) atoms. The number of carboxylic acids is 1. The van der Waals surface area contributed by atoms with Crippen LogP contribution in [0.5, 0.6) is 0 Å². The Morgan fingerprint density at radius 1 is 1.20 bits per heavy atom. The van der Waals surface area contributed by atoms with Crippen molar-refractivity contribution in [3.05, 3.63) is 34.9 Å². The van der Waals surface area contributed by atoms with E-state index in [0.29, 0.717) is 24.4 Å². The predicted molar refractivity (Wildman–Crippen MR) is 78.6 cm³/mol. The Morgan fingerprint density at radius 2 is 1.75 bits per heavy atom. The molecule has 0 saturated heterocycles. The number of carbonyl (C=O) groups is 2. The van der Waals surface area contributed by atoms with E-state index in [1.807, 2.05) is 13.8 Å². The smallest absolute Gasteiger partial charge is 0.323 e. The molecule has 1 aromatic carbocycles. The lowest BCUT2D eigenvalue weighted by molar-refractivity contribution is -0.147. The second kappa shape index (κ2) is 7.90. The van der Waals surface area contributed by atoms with Crippen LogP contribution >= 0.6 is 11.6 Å². The summed E-state index contributed by atoms with van der Waals surface area (Å²) >= 11 is 5.82. The van der Waals surface area contributed by atoms with Gasteiger partial charge in [0.15, 0.2) is 0 Å². The van der Waals surface area contributed by atoms with E-state index in [-0.39, 0.29) is 18.4 Å². The molecule has 0 aliphatic heterocycles. The fourth-order valence-corrected chi connectivity index (χ4v) is 2.21. The zero-order chi connectivity index (χ0) is 15.1. The van der Waals surface area contributed by atoms with E-state index < -0.39 is 5.97 Å². The van der Waals surface area contributed by atoms with E-state index in [2.05, 4.69) is 0 Å². The maximum Gasteiger partial charge on any atom is 0.323 e. The molecule has 0 unspecified atom stereocenters. The Morgan fingerprint density at radius 3 is 2.20 bits per heavy atom. The minimum absolute atomic E-state index is 0.104. The maximum atomic E-state index is 12.3. The van der Waals surface area contributed by atoms with Crippen LogP contribution in [0.2, 0.25) is 5.02 Å². The summed E-state index contributed by atoms with van der Waals surface area (Å²) in [7, 11) is 0. The van der Waals surface area contributed by atoms with E-state index in [9.17, 15) is 9.59 Å². The molecule has 1 aromatic rings. The Balaban J connectivity index is 2.85. The highest BCUT2D eigenvalue weighted by Crippen LogP contribution is 2.16. The number of benzene rings is 1. The Kier molecular flexibility index (Phi) is 6.52. The van der Waals surface area contributed by atoms with Crippen LogP contribution in [0.1, 0.15) is 32.3 Å². The Hall–Kier alpha value is -1.55. The third-order valence-corrected chi connectivity index (χ3v) is 3.51. The molecule has 1 rings (SSSR count). The number of hydrogen-bond acceptors (Lipinski definition) is 2. The average Bonchev–Trinajstić information content (AvgIpc) is 2.41. The molecule has 0 radical (unpaired) electrons. The van der Waals surface area contributed by atoms with Gasteiger partial charge in [-0.1, -0.05) is 37.6 Å². The molecule has 0 aromatic heterocycles.